The van der Waals surface area contributed by atoms with Crippen LogP contribution in [0.4, 0.5) is 4.39 Å². The molecule has 0 unspecified atom stereocenters. The number of benzene rings is 1. The molecule has 3 heteroatoms. The maximum absolute atomic E-state index is 13.2. The number of rotatable bonds is 5. The van der Waals surface area contributed by atoms with Crippen LogP contribution < -0.4 is 4.74 Å². The normalized spacial score (nSPS) is 13.9. The number of hydrogen-bond acceptors (Lipinski definition) is 1. The number of ether oxygens (including phenoxy) is 1. The smallest absolute Gasteiger partial charge is 0.135 e. The third kappa shape index (κ3) is 4.23. The summed E-state index contributed by atoms with van der Waals surface area (Å²) in [5, 5.41) is 0. The van der Waals surface area contributed by atoms with Gasteiger partial charge < -0.3 is 4.74 Å². The van der Waals surface area contributed by atoms with Gasteiger partial charge in [0.25, 0.3) is 0 Å². The summed E-state index contributed by atoms with van der Waals surface area (Å²) in [6.07, 6.45) is 4.30. The van der Waals surface area contributed by atoms with Crippen LogP contribution in [0.2, 0.25) is 0 Å². The molecule has 1 fully saturated rings. The summed E-state index contributed by atoms with van der Waals surface area (Å²) >= 11 is 5.56. The van der Waals surface area contributed by atoms with E-state index in [1.807, 2.05) is 0 Å². The molecule has 1 aromatic carbocycles. The van der Waals surface area contributed by atoms with Crippen LogP contribution in [0.1, 0.15) is 31.2 Å². The molecule has 1 nitrogen and oxygen atoms in total. The van der Waals surface area contributed by atoms with Crippen molar-refractivity contribution in [3.63, 3.8) is 0 Å². The largest absolute Gasteiger partial charge is 0.492 e. The molecule has 0 heterocycles. The molecular weight excluding hydrogens is 251 g/mol. The highest BCUT2D eigenvalue weighted by atomic mass is 35.5. The molecule has 1 aliphatic carbocycles. The van der Waals surface area contributed by atoms with Crippen molar-refractivity contribution in [1.29, 1.82) is 0 Å². The average molecular weight is 267 g/mol. The maximum Gasteiger partial charge on any atom is 0.135 e. The van der Waals surface area contributed by atoms with Crippen LogP contribution >= 0.6 is 11.6 Å². The van der Waals surface area contributed by atoms with Crippen LogP contribution in [0.15, 0.2) is 18.2 Å². The molecule has 1 saturated carbocycles. The van der Waals surface area contributed by atoms with Gasteiger partial charge in [0.05, 0.1) is 12.2 Å². The van der Waals surface area contributed by atoms with Crippen molar-refractivity contribution in [2.24, 2.45) is 5.92 Å². The van der Waals surface area contributed by atoms with Crippen LogP contribution in [0.5, 0.6) is 5.75 Å². The van der Waals surface area contributed by atoms with Gasteiger partial charge in [0.15, 0.2) is 0 Å². The summed E-state index contributed by atoms with van der Waals surface area (Å²) in [5.74, 6) is 7.50. The zero-order valence-corrected chi connectivity index (χ0v) is 11.0. The lowest BCUT2D eigenvalue weighted by Crippen LogP contribution is -2.00. The Balaban J connectivity index is 1.99. The second-order valence-electron chi connectivity index (χ2n) is 4.46. The summed E-state index contributed by atoms with van der Waals surface area (Å²) in [7, 11) is 0. The van der Waals surface area contributed by atoms with Crippen LogP contribution in [-0.4, -0.2) is 12.5 Å². The van der Waals surface area contributed by atoms with Gasteiger partial charge in [-0.25, -0.2) is 4.39 Å². The second-order valence-corrected chi connectivity index (χ2v) is 4.84. The first-order valence-electron chi connectivity index (χ1n) is 6.27. The summed E-state index contributed by atoms with van der Waals surface area (Å²) in [4.78, 5) is 0. The third-order valence-electron chi connectivity index (χ3n) is 2.86. The Morgan fingerprint density at radius 3 is 2.94 bits per heavy atom. The minimum absolute atomic E-state index is 0.292. The van der Waals surface area contributed by atoms with E-state index in [9.17, 15) is 4.39 Å². The predicted molar refractivity (Wildman–Crippen MR) is 71.5 cm³/mol. The molecule has 1 aliphatic rings. The fourth-order valence-electron chi connectivity index (χ4n) is 1.67. The van der Waals surface area contributed by atoms with Crippen LogP contribution in [-0.2, 0) is 0 Å². The Kier molecular flexibility index (Phi) is 4.90. The van der Waals surface area contributed by atoms with E-state index < -0.39 is 0 Å². The molecule has 0 N–H and O–H groups in total. The molecule has 0 radical (unpaired) electrons. The predicted octanol–water partition coefficient (Wildman–Crippen LogP) is 3.99. The SMILES string of the molecule is Fc1ccc(OCCC2CC2)c(C#CCCCl)c1. The van der Waals surface area contributed by atoms with Crippen LogP contribution in [0, 0.1) is 23.6 Å². The molecule has 2 rings (SSSR count). The zero-order chi connectivity index (χ0) is 12.8. The monoisotopic (exact) mass is 266 g/mol. The van der Waals surface area contributed by atoms with Gasteiger partial charge in [-0.3, -0.25) is 0 Å². The number of hydrogen-bond donors (Lipinski definition) is 0. The lowest BCUT2D eigenvalue weighted by molar-refractivity contribution is 0.301. The fraction of sp³-hybridized carbons (Fsp3) is 0.467. The van der Waals surface area contributed by atoms with Crippen molar-refractivity contribution in [2.75, 3.05) is 12.5 Å². The average Bonchev–Trinajstić information content (AvgIpc) is 3.16. The molecule has 0 spiro atoms. The van der Waals surface area contributed by atoms with Crippen LogP contribution in [0.3, 0.4) is 0 Å². The molecule has 0 amide bonds. The van der Waals surface area contributed by atoms with Gasteiger partial charge in [-0.2, -0.15) is 0 Å². The number of alkyl halides is 1. The Morgan fingerprint density at radius 1 is 1.39 bits per heavy atom. The van der Waals surface area contributed by atoms with E-state index in [2.05, 4.69) is 11.8 Å². The van der Waals surface area contributed by atoms with Gasteiger partial charge in [-0.1, -0.05) is 24.7 Å². The van der Waals surface area contributed by atoms with Crippen molar-refractivity contribution < 1.29 is 9.13 Å². The zero-order valence-electron chi connectivity index (χ0n) is 10.2. The van der Waals surface area contributed by atoms with Gasteiger partial charge in [-0.15, -0.1) is 11.6 Å². The first kappa shape index (κ1) is 13.2. The minimum Gasteiger partial charge on any atom is -0.492 e. The highest BCUT2D eigenvalue weighted by molar-refractivity contribution is 6.18. The molecular formula is C15H16ClFO. The quantitative estimate of drug-likeness (QED) is 0.578. The molecule has 0 aromatic heterocycles. The molecule has 96 valence electrons. The second kappa shape index (κ2) is 6.66. The maximum atomic E-state index is 13.2. The van der Waals surface area contributed by atoms with Crippen molar-refractivity contribution in [3.05, 3.63) is 29.6 Å². The summed E-state index contributed by atoms with van der Waals surface area (Å²) in [6.45, 7) is 0.681. The molecule has 0 saturated heterocycles. The van der Waals surface area contributed by atoms with E-state index in [4.69, 9.17) is 16.3 Å². The van der Waals surface area contributed by atoms with E-state index in [0.717, 1.165) is 12.3 Å². The molecule has 1 aromatic rings. The van der Waals surface area contributed by atoms with Gasteiger partial charge in [-0.05, 0) is 30.5 Å². The molecule has 0 aliphatic heterocycles. The Hall–Kier alpha value is -1.20. The first-order chi connectivity index (χ1) is 8.79. The topological polar surface area (TPSA) is 9.23 Å². The van der Waals surface area contributed by atoms with Crippen LogP contribution in [0.25, 0.3) is 0 Å². The lowest BCUT2D eigenvalue weighted by Gasteiger charge is -2.07. The lowest BCUT2D eigenvalue weighted by atomic mass is 10.2. The summed E-state index contributed by atoms with van der Waals surface area (Å²) < 4.78 is 18.8. The third-order valence-corrected chi connectivity index (χ3v) is 3.05. The van der Waals surface area contributed by atoms with Gasteiger partial charge >= 0.3 is 0 Å². The van der Waals surface area contributed by atoms with E-state index in [-0.39, 0.29) is 5.82 Å². The highest BCUT2D eigenvalue weighted by Gasteiger charge is 2.20. The standard InChI is InChI=1S/C15H16ClFO/c16-9-2-1-3-13-11-14(17)6-7-15(13)18-10-8-12-4-5-12/h6-7,11-12H,2,4-5,8-10H2. The fourth-order valence-corrected chi connectivity index (χ4v) is 1.77. The van der Waals surface area contributed by atoms with Crippen molar-refractivity contribution in [2.45, 2.75) is 25.7 Å². The Bertz CT molecular complexity index is 457. The van der Waals surface area contributed by atoms with Crippen molar-refractivity contribution in [1.82, 2.24) is 0 Å². The van der Waals surface area contributed by atoms with Gasteiger partial charge in [0.2, 0.25) is 0 Å². The van der Waals surface area contributed by atoms with E-state index in [1.165, 1.54) is 25.0 Å². The van der Waals surface area contributed by atoms with Crippen molar-refractivity contribution in [3.8, 4) is 17.6 Å². The summed E-state index contributed by atoms with van der Waals surface area (Å²) in [5.41, 5.74) is 0.607. The Morgan fingerprint density at radius 2 is 2.22 bits per heavy atom. The molecule has 18 heavy (non-hydrogen) atoms. The van der Waals surface area contributed by atoms with Crippen molar-refractivity contribution >= 4 is 11.6 Å². The van der Waals surface area contributed by atoms with Gasteiger partial charge in [0.1, 0.15) is 11.6 Å². The summed E-state index contributed by atoms with van der Waals surface area (Å²) in [6, 6.07) is 4.46. The molecule has 0 bridgehead atoms. The van der Waals surface area contributed by atoms with E-state index >= 15 is 0 Å². The van der Waals surface area contributed by atoms with Gasteiger partial charge in [0, 0.05) is 12.3 Å². The number of halogens is 2. The molecule has 0 atom stereocenters. The van der Waals surface area contributed by atoms with E-state index in [0.29, 0.717) is 30.2 Å². The highest BCUT2D eigenvalue weighted by Crippen LogP contribution is 2.32. The minimum atomic E-state index is -0.292. The van der Waals surface area contributed by atoms with E-state index in [1.54, 1.807) is 6.07 Å². The first-order valence-corrected chi connectivity index (χ1v) is 6.80. The Labute approximate surface area is 112 Å².